The number of hydrogen-bond acceptors (Lipinski definition) is 3. The van der Waals surface area contributed by atoms with Gasteiger partial charge in [0.15, 0.2) is 0 Å². The molecule has 1 unspecified atom stereocenters. The van der Waals surface area contributed by atoms with E-state index in [1.54, 1.807) is 0 Å². The minimum Gasteiger partial charge on any atom is -0.472 e. The van der Waals surface area contributed by atoms with Crippen LogP contribution >= 0.6 is 11.6 Å². The molecule has 4 heteroatoms. The van der Waals surface area contributed by atoms with E-state index < -0.39 is 0 Å². The molecule has 1 aromatic carbocycles. The highest BCUT2D eigenvalue weighted by Crippen LogP contribution is 2.18. The van der Waals surface area contributed by atoms with Gasteiger partial charge < -0.3 is 10.5 Å². The Bertz CT molecular complexity index is 392. The van der Waals surface area contributed by atoms with Crippen molar-refractivity contribution in [3.63, 3.8) is 0 Å². The summed E-state index contributed by atoms with van der Waals surface area (Å²) in [4.78, 5) is 4.38. The van der Waals surface area contributed by atoms with E-state index in [-0.39, 0.29) is 6.10 Å². The number of nitrogens with two attached hydrogens (primary N) is 1. The Morgan fingerprint density at radius 2 is 2.38 bits per heavy atom. The summed E-state index contributed by atoms with van der Waals surface area (Å²) in [5, 5.41) is 0.703. The zero-order chi connectivity index (χ0) is 11.4. The molecule has 2 N–H and O–H groups in total. The van der Waals surface area contributed by atoms with Gasteiger partial charge in [0.25, 0.3) is 0 Å². The van der Waals surface area contributed by atoms with Gasteiger partial charge in [0, 0.05) is 10.6 Å². The maximum atomic E-state index is 5.92. The van der Waals surface area contributed by atoms with E-state index in [2.05, 4.69) is 4.99 Å². The molecular formula is C12H15ClN2O. The molecule has 0 saturated heterocycles. The molecule has 3 nitrogen and oxygen atoms in total. The van der Waals surface area contributed by atoms with Gasteiger partial charge in [-0.3, -0.25) is 0 Å². The van der Waals surface area contributed by atoms with Crippen LogP contribution in [-0.4, -0.2) is 25.1 Å². The Morgan fingerprint density at radius 1 is 1.50 bits per heavy atom. The van der Waals surface area contributed by atoms with Crippen LogP contribution in [0.25, 0.3) is 0 Å². The second kappa shape index (κ2) is 5.32. The molecule has 0 aliphatic carbocycles. The van der Waals surface area contributed by atoms with E-state index in [0.29, 0.717) is 17.5 Å². The van der Waals surface area contributed by atoms with Crippen LogP contribution in [0, 0.1) is 0 Å². The largest absolute Gasteiger partial charge is 0.472 e. The lowest BCUT2D eigenvalue weighted by molar-refractivity contribution is 0.211. The molecular weight excluding hydrogens is 224 g/mol. The topological polar surface area (TPSA) is 47.6 Å². The number of benzene rings is 1. The summed E-state index contributed by atoms with van der Waals surface area (Å²) in [5.41, 5.74) is 6.41. The number of aliphatic imine (C=N–C) groups is 1. The van der Waals surface area contributed by atoms with E-state index in [9.17, 15) is 0 Å². The molecule has 0 fully saturated rings. The second-order valence-corrected chi connectivity index (χ2v) is 4.26. The quantitative estimate of drug-likeness (QED) is 0.875. The molecule has 0 radical (unpaired) electrons. The van der Waals surface area contributed by atoms with Gasteiger partial charge in [-0.05, 0) is 37.6 Å². The van der Waals surface area contributed by atoms with Crippen molar-refractivity contribution in [2.75, 3.05) is 13.1 Å². The Morgan fingerprint density at radius 3 is 3.12 bits per heavy atom. The monoisotopic (exact) mass is 238 g/mol. The Kier molecular flexibility index (Phi) is 3.80. The van der Waals surface area contributed by atoms with Crippen molar-refractivity contribution in [3.05, 3.63) is 34.9 Å². The summed E-state index contributed by atoms with van der Waals surface area (Å²) in [6.07, 6.45) is 2.12. The molecule has 0 saturated carbocycles. The van der Waals surface area contributed by atoms with Gasteiger partial charge in [-0.25, -0.2) is 4.99 Å². The van der Waals surface area contributed by atoms with Crippen LogP contribution in [0.4, 0.5) is 0 Å². The molecule has 1 aliphatic rings. The Labute approximate surface area is 100 Å². The lowest BCUT2D eigenvalue weighted by Crippen LogP contribution is -2.15. The average molecular weight is 239 g/mol. The van der Waals surface area contributed by atoms with Crippen molar-refractivity contribution >= 4 is 17.5 Å². The minimum absolute atomic E-state index is 0.178. The summed E-state index contributed by atoms with van der Waals surface area (Å²) < 4.78 is 5.74. The first-order valence-corrected chi connectivity index (χ1v) is 5.84. The molecule has 0 aromatic heterocycles. The fourth-order valence-electron chi connectivity index (χ4n) is 1.69. The van der Waals surface area contributed by atoms with Crippen molar-refractivity contribution in [1.29, 1.82) is 0 Å². The van der Waals surface area contributed by atoms with Crippen LogP contribution in [0.5, 0.6) is 0 Å². The number of halogens is 1. The van der Waals surface area contributed by atoms with Gasteiger partial charge in [-0.1, -0.05) is 17.7 Å². The third kappa shape index (κ3) is 2.74. The van der Waals surface area contributed by atoms with Crippen molar-refractivity contribution < 1.29 is 4.74 Å². The van der Waals surface area contributed by atoms with Crippen molar-refractivity contribution in [2.24, 2.45) is 10.7 Å². The third-order valence-electron chi connectivity index (χ3n) is 2.52. The summed E-state index contributed by atoms with van der Waals surface area (Å²) in [5.74, 6) is 0.699. The zero-order valence-electron chi connectivity index (χ0n) is 9.03. The highest BCUT2D eigenvalue weighted by Gasteiger charge is 2.20. The summed E-state index contributed by atoms with van der Waals surface area (Å²) in [6.45, 7) is 1.42. The van der Waals surface area contributed by atoms with Crippen molar-refractivity contribution in [2.45, 2.75) is 18.9 Å². The number of hydrogen-bond donors (Lipinski definition) is 1. The normalized spacial score (nSPS) is 19.4. The van der Waals surface area contributed by atoms with Crippen LogP contribution in [0.1, 0.15) is 18.4 Å². The predicted octanol–water partition coefficient (Wildman–Crippen LogP) is 2.22. The Hall–Kier alpha value is -1.06. The maximum absolute atomic E-state index is 5.92. The second-order valence-electron chi connectivity index (χ2n) is 3.83. The first kappa shape index (κ1) is 11.4. The summed E-state index contributed by atoms with van der Waals surface area (Å²) >= 11 is 5.92. The number of rotatable bonds is 4. The first-order chi connectivity index (χ1) is 7.79. The van der Waals surface area contributed by atoms with E-state index in [4.69, 9.17) is 22.1 Å². The van der Waals surface area contributed by atoms with E-state index in [0.717, 1.165) is 24.9 Å². The third-order valence-corrected chi connectivity index (χ3v) is 2.75. The fourth-order valence-corrected chi connectivity index (χ4v) is 1.88. The van der Waals surface area contributed by atoms with Gasteiger partial charge in [0.2, 0.25) is 5.90 Å². The van der Waals surface area contributed by atoms with Gasteiger partial charge in [0.05, 0.1) is 6.54 Å². The van der Waals surface area contributed by atoms with Crippen LogP contribution in [0.15, 0.2) is 29.3 Å². The lowest BCUT2D eigenvalue weighted by Gasteiger charge is -2.10. The van der Waals surface area contributed by atoms with Crippen molar-refractivity contribution in [3.8, 4) is 0 Å². The smallest absolute Gasteiger partial charge is 0.216 e. The molecule has 1 atom stereocenters. The molecule has 0 spiro atoms. The minimum atomic E-state index is 0.178. The molecule has 1 aromatic rings. The van der Waals surface area contributed by atoms with Crippen LogP contribution < -0.4 is 5.73 Å². The Balaban J connectivity index is 1.98. The molecule has 0 bridgehead atoms. The molecule has 2 rings (SSSR count). The zero-order valence-corrected chi connectivity index (χ0v) is 9.78. The molecule has 0 amide bonds. The summed E-state index contributed by atoms with van der Waals surface area (Å²) in [7, 11) is 0. The molecule has 1 heterocycles. The maximum Gasteiger partial charge on any atom is 0.216 e. The number of nitrogens with zero attached hydrogens (tertiary/aromatic N) is 1. The molecule has 1 aliphatic heterocycles. The lowest BCUT2D eigenvalue weighted by atomic mass is 10.2. The first-order valence-electron chi connectivity index (χ1n) is 5.46. The number of ether oxygens (including phenoxy) is 1. The molecule has 16 heavy (non-hydrogen) atoms. The predicted molar refractivity (Wildman–Crippen MR) is 66.0 cm³/mol. The highest BCUT2D eigenvalue weighted by molar-refractivity contribution is 6.30. The van der Waals surface area contributed by atoms with Crippen LogP contribution in [-0.2, 0) is 4.74 Å². The average Bonchev–Trinajstić information content (AvgIpc) is 2.75. The van der Waals surface area contributed by atoms with Crippen molar-refractivity contribution in [1.82, 2.24) is 0 Å². The van der Waals surface area contributed by atoms with Gasteiger partial charge in [-0.2, -0.15) is 0 Å². The van der Waals surface area contributed by atoms with Gasteiger partial charge in [0.1, 0.15) is 6.10 Å². The van der Waals surface area contributed by atoms with E-state index >= 15 is 0 Å². The van der Waals surface area contributed by atoms with Gasteiger partial charge >= 0.3 is 0 Å². The fraction of sp³-hybridized carbons (Fsp3) is 0.417. The van der Waals surface area contributed by atoms with Crippen LogP contribution in [0.3, 0.4) is 0 Å². The standard InChI is InChI=1S/C12H15ClN2O/c13-10-4-1-3-9(7-10)12-15-8-11(16-12)5-2-6-14/h1,3-4,7,11H,2,5-6,8,14H2. The van der Waals surface area contributed by atoms with E-state index in [1.165, 1.54) is 0 Å². The summed E-state index contributed by atoms with van der Waals surface area (Å²) in [6, 6.07) is 7.56. The highest BCUT2D eigenvalue weighted by atomic mass is 35.5. The molecule has 86 valence electrons. The van der Waals surface area contributed by atoms with E-state index in [1.807, 2.05) is 24.3 Å². The van der Waals surface area contributed by atoms with Gasteiger partial charge in [-0.15, -0.1) is 0 Å². The van der Waals surface area contributed by atoms with Crippen LogP contribution in [0.2, 0.25) is 5.02 Å². The SMILES string of the molecule is NCCCC1CN=C(c2cccc(Cl)c2)O1.